The van der Waals surface area contributed by atoms with Crippen LogP contribution in [0.25, 0.3) is 0 Å². The molecular weight excluding hydrogens is 392 g/mol. The third-order valence-electron chi connectivity index (χ3n) is 4.63. The predicted octanol–water partition coefficient (Wildman–Crippen LogP) is 4.73. The average Bonchev–Trinajstić information content (AvgIpc) is 2.67. The van der Waals surface area contributed by atoms with Crippen molar-refractivity contribution < 1.29 is 18.7 Å². The number of halogens is 3. The molecule has 0 aromatic heterocycles. The smallest absolute Gasteiger partial charge is 0.309 e. The average molecular weight is 410 g/mol. The second-order valence-corrected chi connectivity index (χ2v) is 7.22. The lowest BCUT2D eigenvalue weighted by molar-refractivity contribution is -0.151. The molecule has 1 aliphatic rings. The topological polar surface area (TPSA) is 46.6 Å². The normalized spacial score (nSPS) is 14.9. The number of hydrogen-bond donors (Lipinski definition) is 0. The molecule has 2 aromatic rings. The molecule has 1 fully saturated rings. The van der Waals surface area contributed by atoms with Crippen molar-refractivity contribution in [3.05, 3.63) is 69.5 Å². The van der Waals surface area contributed by atoms with Crippen LogP contribution in [0.15, 0.2) is 42.5 Å². The van der Waals surface area contributed by atoms with Crippen LogP contribution in [0.5, 0.6) is 0 Å². The quantitative estimate of drug-likeness (QED) is 0.685. The van der Waals surface area contributed by atoms with Crippen LogP contribution in [0, 0.1) is 11.7 Å². The zero-order valence-corrected chi connectivity index (χ0v) is 16.0. The zero-order chi connectivity index (χ0) is 19.4. The number of esters is 1. The van der Waals surface area contributed by atoms with Crippen molar-refractivity contribution in [2.24, 2.45) is 5.92 Å². The van der Waals surface area contributed by atoms with Gasteiger partial charge in [0.25, 0.3) is 5.91 Å². The number of benzene rings is 2. The molecule has 0 atom stereocenters. The molecule has 142 valence electrons. The minimum absolute atomic E-state index is 0.0865. The van der Waals surface area contributed by atoms with E-state index in [1.165, 1.54) is 12.1 Å². The van der Waals surface area contributed by atoms with Gasteiger partial charge in [-0.15, -0.1) is 0 Å². The Morgan fingerprint density at radius 2 is 1.74 bits per heavy atom. The molecule has 4 nitrogen and oxygen atoms in total. The summed E-state index contributed by atoms with van der Waals surface area (Å²) in [5, 5.41) is 0.800. The van der Waals surface area contributed by atoms with Gasteiger partial charge in [-0.2, -0.15) is 0 Å². The maximum atomic E-state index is 13.7. The van der Waals surface area contributed by atoms with E-state index in [9.17, 15) is 14.0 Å². The highest BCUT2D eigenvalue weighted by atomic mass is 35.5. The molecule has 0 radical (unpaired) electrons. The number of likely N-dealkylation sites (tertiary alicyclic amines) is 1. The predicted molar refractivity (Wildman–Crippen MR) is 101 cm³/mol. The second-order valence-electron chi connectivity index (χ2n) is 6.38. The lowest BCUT2D eigenvalue weighted by Crippen LogP contribution is -2.40. The highest BCUT2D eigenvalue weighted by Crippen LogP contribution is 2.24. The summed E-state index contributed by atoms with van der Waals surface area (Å²) in [5.41, 5.74) is 0.734. The number of piperidine rings is 1. The Bertz CT molecular complexity index is 813. The molecule has 27 heavy (non-hydrogen) atoms. The maximum absolute atomic E-state index is 13.7. The number of carbonyl (C=O) groups is 2. The first-order valence-electron chi connectivity index (χ1n) is 8.60. The van der Waals surface area contributed by atoms with Crippen LogP contribution in [0.2, 0.25) is 10.0 Å². The Hall–Kier alpha value is -2.11. The van der Waals surface area contributed by atoms with Gasteiger partial charge in [0.1, 0.15) is 12.4 Å². The lowest BCUT2D eigenvalue weighted by atomic mass is 9.96. The van der Waals surface area contributed by atoms with E-state index in [4.69, 9.17) is 27.9 Å². The van der Waals surface area contributed by atoms with Gasteiger partial charge in [-0.25, -0.2) is 4.39 Å². The summed E-state index contributed by atoms with van der Waals surface area (Å²) in [7, 11) is 0. The van der Waals surface area contributed by atoms with Gasteiger partial charge < -0.3 is 9.64 Å². The standard InChI is InChI=1S/C20H18Cl2FNO3/c21-15-6-4-13(5-7-15)19(25)24-10-8-14(9-11-24)20(26)27-12-16-17(22)2-1-3-18(16)23/h1-7,14H,8-12H2. The van der Waals surface area contributed by atoms with Gasteiger partial charge in [-0.1, -0.05) is 29.3 Å². The van der Waals surface area contributed by atoms with Crippen molar-refractivity contribution in [1.29, 1.82) is 0 Å². The minimum atomic E-state index is -0.501. The summed E-state index contributed by atoms with van der Waals surface area (Å²) >= 11 is 11.8. The summed E-state index contributed by atoms with van der Waals surface area (Å²) in [6.07, 6.45) is 1.01. The van der Waals surface area contributed by atoms with E-state index in [1.54, 1.807) is 35.2 Å². The second kappa shape index (κ2) is 8.72. The molecule has 1 heterocycles. The SMILES string of the molecule is O=C(OCc1c(F)cccc1Cl)C1CCN(C(=O)c2ccc(Cl)cc2)CC1. The van der Waals surface area contributed by atoms with Crippen LogP contribution in [0.1, 0.15) is 28.8 Å². The van der Waals surface area contributed by atoms with Crippen molar-refractivity contribution in [1.82, 2.24) is 4.90 Å². The lowest BCUT2D eigenvalue weighted by Gasteiger charge is -2.31. The molecule has 0 unspecified atom stereocenters. The van der Waals surface area contributed by atoms with Crippen molar-refractivity contribution in [2.75, 3.05) is 13.1 Å². The molecule has 1 amide bonds. The molecular formula is C20H18Cl2FNO3. The Balaban J connectivity index is 1.52. The van der Waals surface area contributed by atoms with E-state index in [0.29, 0.717) is 36.5 Å². The van der Waals surface area contributed by atoms with Crippen molar-refractivity contribution in [3.63, 3.8) is 0 Å². The van der Waals surface area contributed by atoms with Crippen LogP contribution >= 0.6 is 23.2 Å². The molecule has 1 saturated heterocycles. The van der Waals surface area contributed by atoms with E-state index >= 15 is 0 Å². The Morgan fingerprint density at radius 1 is 1.07 bits per heavy atom. The number of amides is 1. The van der Waals surface area contributed by atoms with Gasteiger partial charge >= 0.3 is 5.97 Å². The van der Waals surface area contributed by atoms with Crippen LogP contribution in [-0.4, -0.2) is 29.9 Å². The summed E-state index contributed by atoms with van der Waals surface area (Å²) in [6.45, 7) is 0.720. The molecule has 1 aliphatic heterocycles. The van der Waals surface area contributed by atoms with E-state index in [1.807, 2.05) is 0 Å². The van der Waals surface area contributed by atoms with Crippen molar-refractivity contribution in [2.45, 2.75) is 19.4 Å². The van der Waals surface area contributed by atoms with Crippen LogP contribution in [0.4, 0.5) is 4.39 Å². The molecule has 7 heteroatoms. The first kappa shape index (κ1) is 19.6. The molecule has 0 bridgehead atoms. The fourth-order valence-corrected chi connectivity index (χ4v) is 3.37. The van der Waals surface area contributed by atoms with E-state index < -0.39 is 11.8 Å². The first-order valence-corrected chi connectivity index (χ1v) is 9.35. The summed E-state index contributed by atoms with van der Waals surface area (Å²) in [6, 6.07) is 11.0. The summed E-state index contributed by atoms with van der Waals surface area (Å²) < 4.78 is 19.0. The van der Waals surface area contributed by atoms with Crippen molar-refractivity contribution in [3.8, 4) is 0 Å². The van der Waals surface area contributed by atoms with Crippen LogP contribution in [0.3, 0.4) is 0 Å². The first-order chi connectivity index (χ1) is 13.0. The molecule has 2 aromatic carbocycles. The maximum Gasteiger partial charge on any atom is 0.309 e. The Morgan fingerprint density at radius 3 is 2.37 bits per heavy atom. The molecule has 3 rings (SSSR count). The number of ether oxygens (including phenoxy) is 1. The number of rotatable bonds is 4. The van der Waals surface area contributed by atoms with E-state index in [-0.39, 0.29) is 29.0 Å². The third kappa shape index (κ3) is 4.79. The van der Waals surface area contributed by atoms with Gasteiger partial charge in [0, 0.05) is 29.2 Å². The van der Waals surface area contributed by atoms with E-state index in [0.717, 1.165) is 0 Å². The Labute approximate surface area is 166 Å². The molecule has 0 N–H and O–H groups in total. The summed E-state index contributed by atoms with van der Waals surface area (Å²) in [4.78, 5) is 26.5. The molecule has 0 spiro atoms. The largest absolute Gasteiger partial charge is 0.460 e. The fourth-order valence-electron chi connectivity index (χ4n) is 3.02. The van der Waals surface area contributed by atoms with Crippen LogP contribution < -0.4 is 0 Å². The van der Waals surface area contributed by atoms with Gasteiger partial charge in [-0.05, 0) is 49.2 Å². The molecule has 0 aliphatic carbocycles. The summed E-state index contributed by atoms with van der Waals surface area (Å²) in [5.74, 6) is -1.30. The minimum Gasteiger partial charge on any atom is -0.460 e. The monoisotopic (exact) mass is 409 g/mol. The van der Waals surface area contributed by atoms with Gasteiger partial charge in [0.15, 0.2) is 0 Å². The highest BCUT2D eigenvalue weighted by Gasteiger charge is 2.29. The zero-order valence-electron chi connectivity index (χ0n) is 14.5. The van der Waals surface area contributed by atoms with Gasteiger partial charge in [0.05, 0.1) is 10.9 Å². The van der Waals surface area contributed by atoms with Crippen LogP contribution in [-0.2, 0) is 16.1 Å². The van der Waals surface area contributed by atoms with Gasteiger partial charge in [-0.3, -0.25) is 9.59 Å². The van der Waals surface area contributed by atoms with E-state index in [2.05, 4.69) is 0 Å². The number of hydrogen-bond acceptors (Lipinski definition) is 3. The Kier molecular flexibility index (Phi) is 6.34. The fraction of sp³-hybridized carbons (Fsp3) is 0.300. The number of nitrogens with zero attached hydrogens (tertiary/aromatic N) is 1. The molecule has 0 saturated carbocycles. The number of carbonyl (C=O) groups excluding carboxylic acids is 2. The third-order valence-corrected chi connectivity index (χ3v) is 5.23. The highest BCUT2D eigenvalue weighted by molar-refractivity contribution is 6.31. The van der Waals surface area contributed by atoms with Crippen molar-refractivity contribution >= 4 is 35.1 Å². The van der Waals surface area contributed by atoms with Gasteiger partial charge in [0.2, 0.25) is 0 Å².